The van der Waals surface area contributed by atoms with Crippen molar-refractivity contribution in [3.8, 4) is 17.2 Å². The fourth-order valence-corrected chi connectivity index (χ4v) is 4.10. The van der Waals surface area contributed by atoms with E-state index in [1.165, 1.54) is 27.8 Å². The zero-order chi connectivity index (χ0) is 22.9. The molecule has 1 aliphatic carbocycles. The van der Waals surface area contributed by atoms with Gasteiger partial charge in [0.05, 0.1) is 21.3 Å². The molecule has 32 heavy (non-hydrogen) atoms. The number of rotatable bonds is 9. The molecule has 1 saturated carbocycles. The number of amides is 2. The van der Waals surface area contributed by atoms with Crippen molar-refractivity contribution >= 4 is 17.5 Å². The van der Waals surface area contributed by atoms with Gasteiger partial charge in [0, 0.05) is 30.2 Å². The van der Waals surface area contributed by atoms with Gasteiger partial charge in [0.2, 0.25) is 17.6 Å². The molecular weight excluding hydrogens is 408 g/mol. The lowest BCUT2D eigenvalue weighted by Crippen LogP contribution is -2.47. The van der Waals surface area contributed by atoms with Crippen LogP contribution in [0.4, 0.5) is 5.69 Å². The third-order valence-corrected chi connectivity index (χ3v) is 5.82. The third kappa shape index (κ3) is 5.93. The van der Waals surface area contributed by atoms with Gasteiger partial charge < -0.3 is 24.8 Å². The van der Waals surface area contributed by atoms with Gasteiger partial charge in [0.15, 0.2) is 11.5 Å². The first-order valence-electron chi connectivity index (χ1n) is 11.0. The lowest BCUT2D eigenvalue weighted by atomic mass is 9.88. The molecule has 0 aliphatic heterocycles. The normalized spacial score (nSPS) is 14.8. The molecule has 0 radical (unpaired) electrons. The highest BCUT2D eigenvalue weighted by molar-refractivity contribution is 5.98. The fraction of sp³-hybridized carbons (Fsp3) is 0.440. The van der Waals surface area contributed by atoms with Crippen LogP contribution in [-0.2, 0) is 16.0 Å². The summed E-state index contributed by atoms with van der Waals surface area (Å²) in [6.07, 6.45) is 5.42. The predicted octanol–water partition coefficient (Wildman–Crippen LogP) is 3.96. The molecular formula is C25H32N2O5. The lowest BCUT2D eigenvalue weighted by Gasteiger charge is -2.25. The minimum atomic E-state index is -0.703. The minimum absolute atomic E-state index is 0.0315. The molecule has 0 spiro atoms. The number of anilines is 1. The zero-order valence-corrected chi connectivity index (χ0v) is 19.0. The maximum atomic E-state index is 13.3. The Labute approximate surface area is 189 Å². The smallest absolute Gasteiger partial charge is 0.247 e. The Morgan fingerprint density at radius 2 is 1.56 bits per heavy atom. The summed E-state index contributed by atoms with van der Waals surface area (Å²) in [4.78, 5) is 26.1. The van der Waals surface area contributed by atoms with Crippen molar-refractivity contribution in [3.05, 3.63) is 48.0 Å². The van der Waals surface area contributed by atoms with Gasteiger partial charge in [-0.3, -0.25) is 9.59 Å². The van der Waals surface area contributed by atoms with Gasteiger partial charge in [0.1, 0.15) is 6.04 Å². The third-order valence-electron chi connectivity index (χ3n) is 5.82. The van der Waals surface area contributed by atoms with E-state index in [9.17, 15) is 9.59 Å². The Hall–Kier alpha value is -3.22. The predicted molar refractivity (Wildman–Crippen MR) is 123 cm³/mol. The van der Waals surface area contributed by atoms with E-state index in [0.29, 0.717) is 29.4 Å². The second-order valence-electron chi connectivity index (χ2n) is 7.99. The molecule has 2 aromatic carbocycles. The molecule has 7 nitrogen and oxygen atoms in total. The van der Waals surface area contributed by atoms with Crippen LogP contribution in [0.25, 0.3) is 0 Å². The van der Waals surface area contributed by atoms with Crippen LogP contribution in [0.15, 0.2) is 42.5 Å². The highest BCUT2D eigenvalue weighted by atomic mass is 16.5. The van der Waals surface area contributed by atoms with Crippen LogP contribution in [0.5, 0.6) is 17.2 Å². The van der Waals surface area contributed by atoms with Crippen molar-refractivity contribution in [2.45, 2.75) is 44.6 Å². The van der Waals surface area contributed by atoms with Crippen LogP contribution in [0.2, 0.25) is 0 Å². The average Bonchev–Trinajstić information content (AvgIpc) is 2.84. The minimum Gasteiger partial charge on any atom is -0.493 e. The van der Waals surface area contributed by atoms with Gasteiger partial charge in [-0.1, -0.05) is 49.6 Å². The molecule has 1 fully saturated rings. The summed E-state index contributed by atoms with van der Waals surface area (Å²) in [5.41, 5.74) is 1.47. The SMILES string of the molecule is COc1cc(NC(=O)[C@H](Cc2ccccc2)NC(=O)C2CCCCC2)cc(OC)c1OC. The van der Waals surface area contributed by atoms with E-state index in [1.807, 2.05) is 30.3 Å². The topological polar surface area (TPSA) is 85.9 Å². The molecule has 3 rings (SSSR count). The molecule has 7 heteroatoms. The fourth-order valence-electron chi connectivity index (χ4n) is 4.10. The Bertz CT molecular complexity index is 885. The maximum Gasteiger partial charge on any atom is 0.247 e. The Morgan fingerprint density at radius 1 is 0.938 bits per heavy atom. The number of benzene rings is 2. The van der Waals surface area contributed by atoms with Crippen LogP contribution in [0.1, 0.15) is 37.7 Å². The van der Waals surface area contributed by atoms with Crippen LogP contribution in [-0.4, -0.2) is 39.2 Å². The highest BCUT2D eigenvalue weighted by Crippen LogP contribution is 2.40. The molecule has 2 N–H and O–H groups in total. The second kappa shape index (κ2) is 11.4. The number of hydrogen-bond acceptors (Lipinski definition) is 5. The standard InChI is InChI=1S/C25H32N2O5/c1-30-21-15-19(16-22(31-2)23(21)32-3)26-25(29)20(14-17-10-6-4-7-11-17)27-24(28)18-12-8-5-9-13-18/h4,6-7,10-11,15-16,18,20H,5,8-9,12-14H2,1-3H3,(H,26,29)(H,27,28)/t20-/m0/s1. The highest BCUT2D eigenvalue weighted by Gasteiger charge is 2.27. The summed E-state index contributed by atoms with van der Waals surface area (Å²) in [5, 5.41) is 5.90. The van der Waals surface area contributed by atoms with Crippen molar-refractivity contribution in [1.82, 2.24) is 5.32 Å². The lowest BCUT2D eigenvalue weighted by molar-refractivity contribution is -0.130. The van der Waals surface area contributed by atoms with Crippen LogP contribution >= 0.6 is 0 Å². The van der Waals surface area contributed by atoms with Crippen molar-refractivity contribution < 1.29 is 23.8 Å². The zero-order valence-electron chi connectivity index (χ0n) is 19.0. The van der Waals surface area contributed by atoms with Crippen LogP contribution in [0, 0.1) is 5.92 Å². The Morgan fingerprint density at radius 3 is 2.12 bits per heavy atom. The second-order valence-corrected chi connectivity index (χ2v) is 7.99. The van der Waals surface area contributed by atoms with E-state index in [0.717, 1.165) is 31.2 Å². The monoisotopic (exact) mass is 440 g/mol. The van der Waals surface area contributed by atoms with E-state index in [1.54, 1.807) is 12.1 Å². The molecule has 0 bridgehead atoms. The number of nitrogens with one attached hydrogen (secondary N) is 2. The number of carbonyl (C=O) groups excluding carboxylic acids is 2. The first-order chi connectivity index (χ1) is 15.5. The molecule has 0 unspecified atom stereocenters. The Balaban J connectivity index is 1.80. The van der Waals surface area contributed by atoms with Crippen molar-refractivity contribution in [2.24, 2.45) is 5.92 Å². The average molecular weight is 441 g/mol. The van der Waals surface area contributed by atoms with Gasteiger partial charge in [-0.05, 0) is 18.4 Å². The van der Waals surface area contributed by atoms with E-state index >= 15 is 0 Å². The van der Waals surface area contributed by atoms with Crippen molar-refractivity contribution in [3.63, 3.8) is 0 Å². The number of hydrogen-bond donors (Lipinski definition) is 2. The molecule has 0 heterocycles. The molecule has 2 amide bonds. The van der Waals surface area contributed by atoms with Crippen LogP contribution in [0.3, 0.4) is 0 Å². The van der Waals surface area contributed by atoms with E-state index < -0.39 is 6.04 Å². The molecule has 0 saturated heterocycles. The summed E-state index contributed by atoms with van der Waals surface area (Å²) in [5.74, 6) is 0.939. The maximum absolute atomic E-state index is 13.3. The van der Waals surface area contributed by atoms with Gasteiger partial charge in [-0.15, -0.1) is 0 Å². The first kappa shape index (κ1) is 23.4. The number of ether oxygens (including phenoxy) is 3. The largest absolute Gasteiger partial charge is 0.493 e. The van der Waals surface area contributed by atoms with Gasteiger partial charge in [-0.25, -0.2) is 0 Å². The molecule has 1 atom stereocenters. The van der Waals surface area contributed by atoms with E-state index in [-0.39, 0.29) is 17.7 Å². The van der Waals surface area contributed by atoms with Crippen molar-refractivity contribution in [2.75, 3.05) is 26.6 Å². The summed E-state index contributed by atoms with van der Waals surface area (Å²) >= 11 is 0. The molecule has 0 aromatic heterocycles. The quantitative estimate of drug-likeness (QED) is 0.617. The number of methoxy groups -OCH3 is 3. The number of carbonyl (C=O) groups is 2. The summed E-state index contributed by atoms with van der Waals surface area (Å²) in [6.45, 7) is 0. The molecule has 172 valence electrons. The summed E-state index contributed by atoms with van der Waals surface area (Å²) in [7, 11) is 4.56. The first-order valence-corrected chi connectivity index (χ1v) is 11.0. The van der Waals surface area contributed by atoms with Gasteiger partial charge >= 0.3 is 0 Å². The summed E-state index contributed by atoms with van der Waals surface area (Å²) < 4.78 is 16.1. The van der Waals surface area contributed by atoms with E-state index in [4.69, 9.17) is 14.2 Å². The van der Waals surface area contributed by atoms with Gasteiger partial charge in [0.25, 0.3) is 0 Å². The molecule has 1 aliphatic rings. The Kier molecular flexibility index (Phi) is 8.36. The van der Waals surface area contributed by atoms with Crippen molar-refractivity contribution in [1.29, 1.82) is 0 Å². The summed E-state index contributed by atoms with van der Waals surface area (Å²) in [6, 6.07) is 12.3. The molecule has 2 aromatic rings. The van der Waals surface area contributed by atoms with E-state index in [2.05, 4.69) is 10.6 Å². The van der Waals surface area contributed by atoms with Crippen LogP contribution < -0.4 is 24.8 Å². The van der Waals surface area contributed by atoms with Gasteiger partial charge in [-0.2, -0.15) is 0 Å².